The summed E-state index contributed by atoms with van der Waals surface area (Å²) in [6, 6.07) is 12.2. The predicted molar refractivity (Wildman–Crippen MR) is 130 cm³/mol. The van der Waals surface area contributed by atoms with Gasteiger partial charge < -0.3 is 10.1 Å². The van der Waals surface area contributed by atoms with Crippen molar-refractivity contribution >= 4 is 28.6 Å². The lowest BCUT2D eigenvalue weighted by Gasteiger charge is -2.24. The Morgan fingerprint density at radius 1 is 1.17 bits per heavy atom. The number of hydrogen-bond acceptors (Lipinski definition) is 6. The van der Waals surface area contributed by atoms with E-state index in [9.17, 15) is 19.2 Å². The number of carbonyl (C=O) groups is 3. The third-order valence-corrected chi connectivity index (χ3v) is 6.13. The molecule has 1 aliphatic heterocycles. The van der Waals surface area contributed by atoms with E-state index in [0.29, 0.717) is 41.9 Å². The van der Waals surface area contributed by atoms with E-state index in [1.807, 2.05) is 30.3 Å². The molecule has 9 nitrogen and oxygen atoms in total. The zero-order chi connectivity index (χ0) is 24.9. The van der Waals surface area contributed by atoms with Crippen molar-refractivity contribution in [3.8, 4) is 5.75 Å². The van der Waals surface area contributed by atoms with Gasteiger partial charge in [0, 0.05) is 13.0 Å². The zero-order valence-corrected chi connectivity index (χ0v) is 19.8. The number of methoxy groups -OCH3 is 1. The van der Waals surface area contributed by atoms with Crippen molar-refractivity contribution in [2.45, 2.75) is 45.1 Å². The highest BCUT2D eigenvalue weighted by molar-refractivity contribution is 5.99. The van der Waals surface area contributed by atoms with Crippen molar-refractivity contribution in [1.82, 2.24) is 20.2 Å². The van der Waals surface area contributed by atoms with Gasteiger partial charge in [-0.05, 0) is 61.6 Å². The van der Waals surface area contributed by atoms with Crippen molar-refractivity contribution < 1.29 is 19.1 Å². The maximum atomic E-state index is 13.3. The van der Waals surface area contributed by atoms with Gasteiger partial charge in [-0.15, -0.1) is 0 Å². The molecule has 0 radical (unpaired) electrons. The van der Waals surface area contributed by atoms with E-state index in [1.54, 1.807) is 26.2 Å². The second kappa shape index (κ2) is 10.5. The summed E-state index contributed by atoms with van der Waals surface area (Å²) >= 11 is 0. The highest BCUT2D eigenvalue weighted by Crippen LogP contribution is 2.20. The van der Waals surface area contributed by atoms with Crippen molar-refractivity contribution in [2.24, 2.45) is 0 Å². The Morgan fingerprint density at radius 2 is 2.00 bits per heavy atom. The molecular formula is C26H28N4O5. The van der Waals surface area contributed by atoms with Crippen LogP contribution in [0.15, 0.2) is 47.3 Å². The average molecular weight is 477 g/mol. The number of carbonyl (C=O) groups excluding carboxylic acids is 3. The molecule has 2 heterocycles. The quantitative estimate of drug-likeness (QED) is 0.379. The number of imide groups is 1. The molecule has 0 spiro atoms. The molecule has 1 aliphatic rings. The number of benzene rings is 2. The Kier molecular flexibility index (Phi) is 7.24. The number of amides is 3. The van der Waals surface area contributed by atoms with Crippen LogP contribution in [0.1, 0.15) is 42.3 Å². The third-order valence-electron chi connectivity index (χ3n) is 6.13. The smallest absolute Gasteiger partial charge is 0.262 e. The number of piperidine rings is 1. The lowest BCUT2D eigenvalue weighted by molar-refractivity contribution is -0.135. The van der Waals surface area contributed by atoms with Gasteiger partial charge >= 0.3 is 0 Å². The highest BCUT2D eigenvalue weighted by Gasteiger charge is 2.30. The molecule has 2 N–H and O–H groups in total. The first kappa shape index (κ1) is 24.1. The summed E-state index contributed by atoms with van der Waals surface area (Å²) in [6.45, 7) is 2.19. The van der Waals surface area contributed by atoms with Crippen LogP contribution in [-0.4, -0.2) is 40.9 Å². The fourth-order valence-electron chi connectivity index (χ4n) is 4.36. The summed E-state index contributed by atoms with van der Waals surface area (Å²) in [4.78, 5) is 53.8. The van der Waals surface area contributed by atoms with Gasteiger partial charge in [-0.25, -0.2) is 4.98 Å². The number of fused-ring (bicyclic) bond motifs is 1. The molecular weight excluding hydrogens is 448 g/mol. The predicted octanol–water partition coefficient (Wildman–Crippen LogP) is 1.98. The minimum atomic E-state index is -0.749. The molecule has 2 aromatic carbocycles. The second-order valence-electron chi connectivity index (χ2n) is 8.63. The monoisotopic (exact) mass is 476 g/mol. The van der Waals surface area contributed by atoms with Crippen LogP contribution in [0.3, 0.4) is 0 Å². The molecule has 182 valence electrons. The van der Waals surface area contributed by atoms with Crippen LogP contribution >= 0.6 is 0 Å². The molecule has 1 aromatic heterocycles. The lowest BCUT2D eigenvalue weighted by atomic mass is 10.0. The van der Waals surface area contributed by atoms with E-state index in [4.69, 9.17) is 4.74 Å². The molecule has 1 fully saturated rings. The zero-order valence-electron chi connectivity index (χ0n) is 19.8. The molecule has 0 bridgehead atoms. The maximum absolute atomic E-state index is 13.3. The first-order valence-corrected chi connectivity index (χ1v) is 11.6. The SMILES string of the molecule is COc1cccc(CC(=O)NCCCc2ccc3nc(C)n(C4CCC(=O)NC4=O)c(=O)c3c2)c1. The molecule has 3 amide bonds. The van der Waals surface area contributed by atoms with Crippen molar-refractivity contribution in [2.75, 3.05) is 13.7 Å². The van der Waals surface area contributed by atoms with Crippen molar-refractivity contribution in [3.05, 3.63) is 69.8 Å². The number of ether oxygens (including phenoxy) is 1. The largest absolute Gasteiger partial charge is 0.497 e. The van der Waals surface area contributed by atoms with E-state index in [0.717, 1.165) is 11.1 Å². The molecule has 0 saturated carbocycles. The fourth-order valence-corrected chi connectivity index (χ4v) is 4.36. The van der Waals surface area contributed by atoms with Gasteiger partial charge in [-0.1, -0.05) is 18.2 Å². The Morgan fingerprint density at radius 3 is 2.77 bits per heavy atom. The van der Waals surface area contributed by atoms with E-state index >= 15 is 0 Å². The van der Waals surface area contributed by atoms with Gasteiger partial charge in [0.05, 0.1) is 24.4 Å². The number of rotatable bonds is 8. The first-order valence-electron chi connectivity index (χ1n) is 11.6. The van der Waals surface area contributed by atoms with E-state index in [-0.39, 0.29) is 36.6 Å². The fraction of sp³-hybridized carbons (Fsp3) is 0.346. The normalized spacial score (nSPS) is 15.7. The molecule has 1 atom stereocenters. The molecule has 3 aromatic rings. The van der Waals surface area contributed by atoms with E-state index in [2.05, 4.69) is 15.6 Å². The Labute approximate surface area is 202 Å². The molecule has 1 saturated heterocycles. The Hall–Kier alpha value is -4.01. The topological polar surface area (TPSA) is 119 Å². The molecule has 9 heteroatoms. The number of hydrogen-bond donors (Lipinski definition) is 2. The summed E-state index contributed by atoms with van der Waals surface area (Å²) in [7, 11) is 1.59. The summed E-state index contributed by atoms with van der Waals surface area (Å²) < 4.78 is 6.57. The van der Waals surface area contributed by atoms with Crippen LogP contribution in [0, 0.1) is 6.92 Å². The minimum absolute atomic E-state index is 0.0661. The standard InChI is InChI=1S/C26H28N4O5/c1-16-28-21-9-8-17(6-4-12-27-24(32)15-18-5-3-7-19(13-18)35-2)14-20(21)26(34)30(16)22-10-11-23(31)29-25(22)33/h3,5,7-9,13-14,22H,4,6,10-12,15H2,1-2H3,(H,27,32)(H,29,31,33). The van der Waals surface area contributed by atoms with Crippen LogP contribution in [0.4, 0.5) is 0 Å². The maximum Gasteiger partial charge on any atom is 0.262 e. The summed E-state index contributed by atoms with van der Waals surface area (Å²) in [5.74, 6) is 0.275. The van der Waals surface area contributed by atoms with Gasteiger partial charge in [-0.2, -0.15) is 0 Å². The molecule has 1 unspecified atom stereocenters. The number of aromatic nitrogens is 2. The Balaban J connectivity index is 1.40. The van der Waals surface area contributed by atoms with E-state index < -0.39 is 11.9 Å². The number of nitrogens with one attached hydrogen (secondary N) is 2. The summed E-state index contributed by atoms with van der Waals surface area (Å²) in [6.07, 6.45) is 2.10. The van der Waals surface area contributed by atoms with Gasteiger partial charge in [-0.3, -0.25) is 29.1 Å². The lowest BCUT2D eigenvalue weighted by Crippen LogP contribution is -2.45. The number of nitrogens with zero attached hydrogens (tertiary/aromatic N) is 2. The van der Waals surface area contributed by atoms with Crippen LogP contribution in [0.25, 0.3) is 10.9 Å². The van der Waals surface area contributed by atoms with Gasteiger partial charge in [0.15, 0.2) is 0 Å². The van der Waals surface area contributed by atoms with Crippen LogP contribution in [-0.2, 0) is 27.2 Å². The summed E-state index contributed by atoms with van der Waals surface area (Å²) in [5.41, 5.74) is 2.09. The van der Waals surface area contributed by atoms with Crippen LogP contribution in [0.5, 0.6) is 5.75 Å². The molecule has 0 aliphatic carbocycles. The third kappa shape index (κ3) is 5.56. The van der Waals surface area contributed by atoms with Crippen molar-refractivity contribution in [1.29, 1.82) is 0 Å². The van der Waals surface area contributed by atoms with E-state index in [1.165, 1.54) is 4.57 Å². The van der Waals surface area contributed by atoms with Crippen molar-refractivity contribution in [3.63, 3.8) is 0 Å². The highest BCUT2D eigenvalue weighted by atomic mass is 16.5. The number of aryl methyl sites for hydroxylation is 2. The van der Waals surface area contributed by atoms with Gasteiger partial charge in [0.2, 0.25) is 17.7 Å². The average Bonchev–Trinajstić information content (AvgIpc) is 2.83. The second-order valence-corrected chi connectivity index (χ2v) is 8.63. The van der Waals surface area contributed by atoms with Crippen LogP contribution in [0.2, 0.25) is 0 Å². The first-order chi connectivity index (χ1) is 16.9. The minimum Gasteiger partial charge on any atom is -0.497 e. The van der Waals surface area contributed by atoms with Crippen LogP contribution < -0.4 is 20.9 Å². The molecule has 4 rings (SSSR count). The summed E-state index contributed by atoms with van der Waals surface area (Å²) in [5, 5.41) is 5.66. The van der Waals surface area contributed by atoms with Gasteiger partial charge in [0.25, 0.3) is 5.56 Å². The van der Waals surface area contributed by atoms with Gasteiger partial charge in [0.1, 0.15) is 17.6 Å². The molecule has 35 heavy (non-hydrogen) atoms. The Bertz CT molecular complexity index is 1350.